The van der Waals surface area contributed by atoms with E-state index in [4.69, 9.17) is 5.11 Å². The van der Waals surface area contributed by atoms with Gasteiger partial charge in [-0.05, 0) is 48.2 Å². The average molecular weight is 291 g/mol. The molecule has 0 fully saturated rings. The molecule has 2 N–H and O–H groups in total. The number of benzene rings is 1. The molecule has 0 aliphatic rings. The van der Waals surface area contributed by atoms with Gasteiger partial charge in [-0.2, -0.15) is 0 Å². The van der Waals surface area contributed by atoms with Gasteiger partial charge in [-0.25, -0.2) is 0 Å². The number of nitrogens with zero attached hydrogens (tertiary/aromatic N) is 1. The van der Waals surface area contributed by atoms with Crippen LogP contribution in [0, 0.1) is 6.92 Å². The molecule has 104 valence electrons. The molecule has 0 spiro atoms. The summed E-state index contributed by atoms with van der Waals surface area (Å²) in [5.74, 6) is -1.39. The molecule has 20 heavy (non-hydrogen) atoms. The fourth-order valence-electron chi connectivity index (χ4n) is 1.76. The highest BCUT2D eigenvalue weighted by Gasteiger charge is 2.22. The lowest BCUT2D eigenvalue weighted by Gasteiger charge is -2.20. The number of carboxylic acids is 1. The molecule has 5 nitrogen and oxygen atoms in total. The van der Waals surface area contributed by atoms with Crippen LogP contribution in [0.5, 0.6) is 5.75 Å². The maximum absolute atomic E-state index is 12.5. The lowest BCUT2D eigenvalue weighted by molar-refractivity contribution is -0.135. The summed E-state index contributed by atoms with van der Waals surface area (Å²) < 4.78 is 0. The Kier molecular flexibility index (Phi) is 4.05. The van der Waals surface area contributed by atoms with E-state index in [1.165, 1.54) is 40.5 Å². The van der Waals surface area contributed by atoms with Crippen LogP contribution in [-0.4, -0.2) is 28.6 Å². The maximum atomic E-state index is 12.5. The number of anilines is 1. The van der Waals surface area contributed by atoms with Crippen LogP contribution in [0.25, 0.3) is 0 Å². The van der Waals surface area contributed by atoms with Crippen LogP contribution in [0.4, 0.5) is 5.69 Å². The molecule has 0 atom stereocenters. The van der Waals surface area contributed by atoms with Gasteiger partial charge in [0.2, 0.25) is 0 Å². The molecule has 0 aliphatic heterocycles. The van der Waals surface area contributed by atoms with Gasteiger partial charge in [0.1, 0.15) is 12.3 Å². The normalized spacial score (nSPS) is 10.2. The number of aliphatic carboxylic acids is 1. The molecule has 0 saturated carbocycles. The highest BCUT2D eigenvalue weighted by atomic mass is 32.1. The third kappa shape index (κ3) is 2.97. The maximum Gasteiger partial charge on any atom is 0.323 e. The fourth-order valence-corrected chi connectivity index (χ4v) is 2.64. The van der Waals surface area contributed by atoms with Gasteiger partial charge in [0.25, 0.3) is 5.91 Å². The molecule has 6 heteroatoms. The summed E-state index contributed by atoms with van der Waals surface area (Å²) in [4.78, 5) is 25.1. The highest BCUT2D eigenvalue weighted by molar-refractivity contribution is 7.12. The Morgan fingerprint density at radius 1 is 1.20 bits per heavy atom. The first-order valence-electron chi connectivity index (χ1n) is 5.86. The number of amides is 1. The summed E-state index contributed by atoms with van der Waals surface area (Å²) in [6.45, 7) is 1.38. The van der Waals surface area contributed by atoms with E-state index >= 15 is 0 Å². The quantitative estimate of drug-likeness (QED) is 0.907. The van der Waals surface area contributed by atoms with Crippen LogP contribution in [0.2, 0.25) is 0 Å². The van der Waals surface area contributed by atoms with E-state index in [1.54, 1.807) is 12.3 Å². The molecule has 1 amide bonds. The topological polar surface area (TPSA) is 77.8 Å². The van der Waals surface area contributed by atoms with E-state index in [1.807, 2.05) is 6.07 Å². The van der Waals surface area contributed by atoms with Crippen molar-refractivity contribution in [2.24, 2.45) is 0 Å². The van der Waals surface area contributed by atoms with Gasteiger partial charge >= 0.3 is 5.97 Å². The van der Waals surface area contributed by atoms with Gasteiger partial charge in [-0.1, -0.05) is 0 Å². The minimum Gasteiger partial charge on any atom is -0.508 e. The second-order valence-electron chi connectivity index (χ2n) is 4.23. The molecule has 0 unspecified atom stereocenters. The fraction of sp³-hybridized carbons (Fsp3) is 0.143. The Hall–Kier alpha value is -2.34. The van der Waals surface area contributed by atoms with E-state index < -0.39 is 12.5 Å². The van der Waals surface area contributed by atoms with E-state index in [0.717, 1.165) is 5.56 Å². The van der Waals surface area contributed by atoms with Crippen molar-refractivity contribution in [1.82, 2.24) is 0 Å². The molecular weight excluding hydrogens is 278 g/mol. The SMILES string of the molecule is Cc1ccsc1C(=O)N(CC(=O)O)c1ccc(O)cc1. The minimum atomic E-state index is -1.10. The lowest BCUT2D eigenvalue weighted by atomic mass is 10.2. The van der Waals surface area contributed by atoms with E-state index in [2.05, 4.69) is 0 Å². The van der Waals surface area contributed by atoms with Crippen molar-refractivity contribution in [3.05, 3.63) is 46.2 Å². The van der Waals surface area contributed by atoms with E-state index in [-0.39, 0.29) is 11.7 Å². The summed E-state index contributed by atoms with van der Waals surface area (Å²) >= 11 is 1.28. The van der Waals surface area contributed by atoms with Crippen molar-refractivity contribution in [2.45, 2.75) is 6.92 Å². The van der Waals surface area contributed by atoms with Crippen molar-refractivity contribution in [3.8, 4) is 5.75 Å². The summed E-state index contributed by atoms with van der Waals surface area (Å²) in [6, 6.07) is 7.67. The van der Waals surface area contributed by atoms with E-state index in [9.17, 15) is 14.7 Å². The predicted molar refractivity (Wildman–Crippen MR) is 76.5 cm³/mol. The first kappa shape index (κ1) is 14.1. The summed E-state index contributed by atoms with van der Waals surface area (Å²) in [7, 11) is 0. The summed E-state index contributed by atoms with van der Waals surface area (Å²) in [6.07, 6.45) is 0. The van der Waals surface area contributed by atoms with Crippen LogP contribution in [0.15, 0.2) is 35.7 Å². The lowest BCUT2D eigenvalue weighted by Crippen LogP contribution is -2.35. The van der Waals surface area contributed by atoms with Crippen molar-refractivity contribution in [1.29, 1.82) is 0 Å². The third-order valence-electron chi connectivity index (χ3n) is 2.76. The van der Waals surface area contributed by atoms with Crippen LogP contribution in [0.3, 0.4) is 0 Å². The number of thiophene rings is 1. The molecule has 2 aromatic rings. The predicted octanol–water partition coefficient (Wildman–Crippen LogP) is 2.49. The van der Waals surface area contributed by atoms with Gasteiger partial charge < -0.3 is 10.2 Å². The molecule has 1 aromatic heterocycles. The van der Waals surface area contributed by atoms with Crippen LogP contribution < -0.4 is 4.90 Å². The number of carbonyl (C=O) groups excluding carboxylic acids is 1. The summed E-state index contributed by atoms with van der Waals surface area (Å²) in [5, 5.41) is 20.0. The van der Waals surface area contributed by atoms with Crippen LogP contribution in [0.1, 0.15) is 15.2 Å². The molecule has 1 heterocycles. The number of phenolic OH excluding ortho intramolecular Hbond substituents is 1. The van der Waals surface area contributed by atoms with Crippen molar-refractivity contribution in [2.75, 3.05) is 11.4 Å². The van der Waals surface area contributed by atoms with E-state index in [0.29, 0.717) is 10.6 Å². The van der Waals surface area contributed by atoms with Gasteiger partial charge in [0.05, 0.1) is 4.88 Å². The Morgan fingerprint density at radius 3 is 2.35 bits per heavy atom. The molecule has 0 radical (unpaired) electrons. The average Bonchev–Trinajstić information content (AvgIpc) is 2.82. The molecule has 2 rings (SSSR count). The first-order chi connectivity index (χ1) is 9.49. The zero-order chi connectivity index (χ0) is 14.7. The standard InChI is InChI=1S/C14H13NO4S/c1-9-6-7-20-13(9)14(19)15(8-12(17)18)10-2-4-11(16)5-3-10/h2-7,16H,8H2,1H3,(H,17,18). The van der Waals surface area contributed by atoms with Gasteiger partial charge in [-0.3, -0.25) is 14.5 Å². The zero-order valence-corrected chi connectivity index (χ0v) is 11.6. The number of carboxylic acid groups (broad SMARTS) is 1. The monoisotopic (exact) mass is 291 g/mol. The number of aromatic hydroxyl groups is 1. The number of carbonyl (C=O) groups is 2. The first-order valence-corrected chi connectivity index (χ1v) is 6.74. The highest BCUT2D eigenvalue weighted by Crippen LogP contribution is 2.24. The van der Waals surface area contributed by atoms with Gasteiger partial charge in [0, 0.05) is 5.69 Å². The van der Waals surface area contributed by atoms with Crippen LogP contribution in [-0.2, 0) is 4.79 Å². The Labute approximate surface area is 119 Å². The van der Waals surface area contributed by atoms with Gasteiger partial charge in [-0.15, -0.1) is 11.3 Å². The Morgan fingerprint density at radius 2 is 1.85 bits per heavy atom. The largest absolute Gasteiger partial charge is 0.508 e. The Bertz CT molecular complexity index is 633. The smallest absolute Gasteiger partial charge is 0.323 e. The molecule has 1 aromatic carbocycles. The van der Waals surface area contributed by atoms with Crippen molar-refractivity contribution >= 4 is 28.9 Å². The molecular formula is C14H13NO4S. The number of hydrogen-bond acceptors (Lipinski definition) is 4. The van der Waals surface area contributed by atoms with Crippen molar-refractivity contribution < 1.29 is 19.8 Å². The van der Waals surface area contributed by atoms with Gasteiger partial charge in [0.15, 0.2) is 0 Å². The van der Waals surface area contributed by atoms with Crippen LogP contribution >= 0.6 is 11.3 Å². The molecule has 0 saturated heterocycles. The number of hydrogen-bond donors (Lipinski definition) is 2. The number of phenols is 1. The molecule has 0 bridgehead atoms. The number of rotatable bonds is 4. The molecule has 0 aliphatic carbocycles. The second-order valence-corrected chi connectivity index (χ2v) is 5.15. The second kappa shape index (κ2) is 5.75. The zero-order valence-electron chi connectivity index (χ0n) is 10.7. The Balaban J connectivity index is 2.37. The minimum absolute atomic E-state index is 0.0591. The van der Waals surface area contributed by atoms with Crippen molar-refractivity contribution in [3.63, 3.8) is 0 Å². The third-order valence-corrected chi connectivity index (χ3v) is 3.76. The summed E-state index contributed by atoms with van der Waals surface area (Å²) in [5.41, 5.74) is 1.25. The number of aryl methyl sites for hydroxylation is 1.